The van der Waals surface area contributed by atoms with Gasteiger partial charge in [0.15, 0.2) is 5.82 Å². The monoisotopic (exact) mass is 430 g/mol. The Bertz CT molecular complexity index is 1230. The second-order valence-electron chi connectivity index (χ2n) is 7.58. The Kier molecular flexibility index (Phi) is 5.85. The zero-order chi connectivity index (χ0) is 22.7. The lowest BCUT2D eigenvalue weighted by Gasteiger charge is -2.11. The minimum absolute atomic E-state index is 0.255. The number of amides is 1. The Morgan fingerprint density at radius 3 is 2.56 bits per heavy atom. The van der Waals surface area contributed by atoms with Gasteiger partial charge in [-0.25, -0.2) is 0 Å². The van der Waals surface area contributed by atoms with E-state index in [0.717, 1.165) is 34.5 Å². The van der Waals surface area contributed by atoms with Crippen molar-refractivity contribution in [3.8, 4) is 11.4 Å². The van der Waals surface area contributed by atoms with Crippen LogP contribution in [0.15, 0.2) is 60.9 Å². The Morgan fingerprint density at radius 1 is 1.19 bits per heavy atom. The van der Waals surface area contributed by atoms with E-state index in [1.165, 1.54) is 0 Å². The van der Waals surface area contributed by atoms with E-state index in [1.807, 2.05) is 79.3 Å². The van der Waals surface area contributed by atoms with E-state index in [1.54, 1.807) is 0 Å². The minimum atomic E-state index is -0.594. The van der Waals surface area contributed by atoms with Crippen molar-refractivity contribution in [2.24, 2.45) is 5.73 Å². The number of nitrogens with one attached hydrogen (secondary N) is 3. The number of anilines is 3. The zero-order valence-electron chi connectivity index (χ0n) is 18.0. The molecule has 0 saturated heterocycles. The van der Waals surface area contributed by atoms with Gasteiger partial charge in [0.2, 0.25) is 0 Å². The number of aromatic amines is 1. The first kappa shape index (κ1) is 21.0. The van der Waals surface area contributed by atoms with Gasteiger partial charge in [0.05, 0.1) is 0 Å². The Labute approximate surface area is 186 Å². The molecule has 0 unspecified atom stereocenters. The first-order chi connectivity index (χ1) is 15.5. The van der Waals surface area contributed by atoms with Crippen LogP contribution in [-0.4, -0.2) is 25.8 Å². The molecule has 0 bridgehead atoms. The number of nitrogens with zero attached hydrogens (tertiary/aromatic N) is 2. The summed E-state index contributed by atoms with van der Waals surface area (Å²) < 4.78 is 2.00. The third-order valence-corrected chi connectivity index (χ3v) is 5.33. The zero-order valence-corrected chi connectivity index (χ0v) is 18.0. The first-order valence-electron chi connectivity index (χ1n) is 10.4. The highest BCUT2D eigenvalue weighted by Gasteiger charge is 2.19. The number of phenolic OH excluding ortho intramolecular Hbond substituents is 1. The number of carbonyl (C=O) groups is 1. The van der Waals surface area contributed by atoms with Crippen LogP contribution in [0.5, 0.6) is 5.75 Å². The quantitative estimate of drug-likeness (QED) is 0.286. The molecule has 2 aromatic heterocycles. The summed E-state index contributed by atoms with van der Waals surface area (Å²) in [6, 6.07) is 15.5. The van der Waals surface area contributed by atoms with Crippen LogP contribution in [0, 0.1) is 6.92 Å². The van der Waals surface area contributed by atoms with Crippen molar-refractivity contribution in [1.82, 2.24) is 14.8 Å². The number of aromatic nitrogens is 3. The molecule has 0 aliphatic rings. The normalized spacial score (nSPS) is 10.8. The molecule has 0 aliphatic carbocycles. The molecule has 8 nitrogen and oxygen atoms in total. The molecular formula is C24H26N6O2. The Hall–Kier alpha value is -4.20. The molecule has 32 heavy (non-hydrogen) atoms. The predicted octanol–water partition coefficient (Wildman–Crippen LogP) is 4.23. The van der Waals surface area contributed by atoms with Crippen LogP contribution in [0.1, 0.15) is 34.0 Å². The number of aryl methyl sites for hydroxylation is 2. The number of primary amides is 1. The van der Waals surface area contributed by atoms with Gasteiger partial charge >= 0.3 is 0 Å². The molecule has 0 spiro atoms. The maximum atomic E-state index is 12.2. The molecule has 8 heteroatoms. The van der Waals surface area contributed by atoms with Crippen LogP contribution >= 0.6 is 0 Å². The molecule has 0 fully saturated rings. The number of benzene rings is 2. The van der Waals surface area contributed by atoms with Gasteiger partial charge < -0.3 is 26.0 Å². The number of phenols is 1. The fourth-order valence-corrected chi connectivity index (χ4v) is 3.66. The molecule has 0 atom stereocenters. The third kappa shape index (κ3) is 4.29. The summed E-state index contributed by atoms with van der Waals surface area (Å²) in [6.45, 7) is 4.31. The summed E-state index contributed by atoms with van der Waals surface area (Å²) in [5, 5.41) is 23.6. The lowest BCUT2D eigenvalue weighted by atomic mass is 10.0. The highest BCUT2D eigenvalue weighted by atomic mass is 16.3. The van der Waals surface area contributed by atoms with Crippen molar-refractivity contribution < 1.29 is 9.90 Å². The summed E-state index contributed by atoms with van der Waals surface area (Å²) in [6.07, 6.45) is 4.67. The third-order valence-electron chi connectivity index (χ3n) is 5.33. The van der Waals surface area contributed by atoms with Gasteiger partial charge in [0, 0.05) is 30.3 Å². The van der Waals surface area contributed by atoms with Crippen LogP contribution in [0.4, 0.5) is 17.3 Å². The van der Waals surface area contributed by atoms with E-state index in [4.69, 9.17) is 5.73 Å². The summed E-state index contributed by atoms with van der Waals surface area (Å²) in [5.41, 5.74) is 10.4. The minimum Gasteiger partial charge on any atom is -0.507 e. The first-order valence-corrected chi connectivity index (χ1v) is 10.4. The topological polar surface area (TPSA) is 121 Å². The van der Waals surface area contributed by atoms with Gasteiger partial charge in [-0.15, -0.1) is 0 Å². The van der Waals surface area contributed by atoms with E-state index in [9.17, 15) is 9.90 Å². The Balaban J connectivity index is 1.51. The standard InChI is InChI=1S/C24H26N6O2/c1-3-17-13-16(12-15(2)21(17)31)14-26-23-20(22(25)32)24(29-28-23)27-18-6-8-19(9-7-18)30-10-4-5-11-30/h4-13,31H,3,14H2,1-2H3,(H2,25,32)(H3,26,27,28,29). The molecule has 0 radical (unpaired) electrons. The van der Waals surface area contributed by atoms with Crippen molar-refractivity contribution in [2.45, 2.75) is 26.8 Å². The van der Waals surface area contributed by atoms with Crippen molar-refractivity contribution in [3.63, 3.8) is 0 Å². The van der Waals surface area contributed by atoms with E-state index in [2.05, 4.69) is 20.8 Å². The van der Waals surface area contributed by atoms with Crippen molar-refractivity contribution >= 4 is 23.2 Å². The second-order valence-corrected chi connectivity index (χ2v) is 7.58. The van der Waals surface area contributed by atoms with Crippen molar-refractivity contribution in [3.05, 3.63) is 83.2 Å². The van der Waals surface area contributed by atoms with Crippen LogP contribution < -0.4 is 16.4 Å². The summed E-state index contributed by atoms with van der Waals surface area (Å²) in [5.74, 6) is 0.520. The maximum absolute atomic E-state index is 12.2. The van der Waals surface area contributed by atoms with Crippen molar-refractivity contribution in [1.29, 1.82) is 0 Å². The average molecular weight is 431 g/mol. The highest BCUT2D eigenvalue weighted by Crippen LogP contribution is 2.27. The lowest BCUT2D eigenvalue weighted by Crippen LogP contribution is -2.15. The maximum Gasteiger partial charge on any atom is 0.256 e. The van der Waals surface area contributed by atoms with Gasteiger partial charge in [-0.1, -0.05) is 19.1 Å². The van der Waals surface area contributed by atoms with Crippen LogP contribution in [0.3, 0.4) is 0 Å². The molecule has 2 aromatic carbocycles. The molecule has 164 valence electrons. The fourth-order valence-electron chi connectivity index (χ4n) is 3.66. The summed E-state index contributed by atoms with van der Waals surface area (Å²) in [7, 11) is 0. The number of rotatable bonds is 8. The average Bonchev–Trinajstić information content (AvgIpc) is 3.45. The fraction of sp³-hybridized carbons (Fsp3) is 0.167. The van der Waals surface area contributed by atoms with E-state index >= 15 is 0 Å². The smallest absolute Gasteiger partial charge is 0.256 e. The van der Waals surface area contributed by atoms with Crippen molar-refractivity contribution in [2.75, 3.05) is 10.6 Å². The van der Waals surface area contributed by atoms with Crippen LogP contribution in [-0.2, 0) is 13.0 Å². The second kappa shape index (κ2) is 8.89. The van der Waals surface area contributed by atoms with Gasteiger partial charge in [0.25, 0.3) is 5.91 Å². The van der Waals surface area contributed by atoms with Crippen LogP contribution in [0.25, 0.3) is 5.69 Å². The number of hydrogen-bond acceptors (Lipinski definition) is 5. The lowest BCUT2D eigenvalue weighted by molar-refractivity contribution is 0.100. The molecular weight excluding hydrogens is 404 g/mol. The Morgan fingerprint density at radius 2 is 1.91 bits per heavy atom. The molecule has 1 amide bonds. The number of carbonyl (C=O) groups excluding carboxylic acids is 1. The van der Waals surface area contributed by atoms with E-state index < -0.39 is 5.91 Å². The number of aromatic hydroxyl groups is 1. The number of nitrogens with two attached hydrogens (primary N) is 1. The van der Waals surface area contributed by atoms with Gasteiger partial charge in [-0.3, -0.25) is 9.89 Å². The molecule has 4 aromatic rings. The van der Waals surface area contributed by atoms with Crippen LogP contribution in [0.2, 0.25) is 0 Å². The molecule has 0 aliphatic heterocycles. The van der Waals surface area contributed by atoms with Gasteiger partial charge in [0.1, 0.15) is 17.1 Å². The summed E-state index contributed by atoms with van der Waals surface area (Å²) >= 11 is 0. The van der Waals surface area contributed by atoms with Gasteiger partial charge in [-0.05, 0) is 66.4 Å². The largest absolute Gasteiger partial charge is 0.507 e. The number of H-pyrrole nitrogens is 1. The molecule has 6 N–H and O–H groups in total. The number of hydrogen-bond donors (Lipinski definition) is 5. The predicted molar refractivity (Wildman–Crippen MR) is 126 cm³/mol. The molecule has 2 heterocycles. The van der Waals surface area contributed by atoms with Gasteiger partial charge in [-0.2, -0.15) is 5.10 Å². The molecule has 4 rings (SSSR count). The molecule has 0 saturated carbocycles. The summed E-state index contributed by atoms with van der Waals surface area (Å²) in [4.78, 5) is 12.2. The van der Waals surface area contributed by atoms with E-state index in [-0.39, 0.29) is 5.56 Å². The van der Waals surface area contributed by atoms with E-state index in [0.29, 0.717) is 23.9 Å². The highest BCUT2D eigenvalue weighted by molar-refractivity contribution is 6.03. The SMILES string of the molecule is CCc1cc(CNc2[nH]nc(Nc3ccc(-n4cccc4)cc3)c2C(N)=O)cc(C)c1O.